The van der Waals surface area contributed by atoms with Crippen LogP contribution in [0.25, 0.3) is 22.3 Å². The topological polar surface area (TPSA) is 91.5 Å². The third-order valence-electron chi connectivity index (χ3n) is 3.32. The lowest BCUT2D eigenvalue weighted by molar-refractivity contribution is 0.410. The highest BCUT2D eigenvalue weighted by atomic mass is 16.5. The van der Waals surface area contributed by atoms with Crippen molar-refractivity contribution in [2.45, 2.75) is 0 Å². The maximum atomic E-state index is 12.3. The molecule has 0 unspecified atom stereocenters. The average molecular weight is 282 g/mol. The van der Waals surface area contributed by atoms with Crippen LogP contribution in [0.1, 0.15) is 0 Å². The summed E-state index contributed by atoms with van der Waals surface area (Å²) >= 11 is 0. The van der Waals surface area contributed by atoms with Crippen LogP contribution in [0.4, 0.5) is 11.4 Å². The van der Waals surface area contributed by atoms with Gasteiger partial charge in [-0.15, -0.1) is 0 Å². The van der Waals surface area contributed by atoms with E-state index in [1.165, 1.54) is 13.2 Å². The molecule has 0 atom stereocenters. The fourth-order valence-electron chi connectivity index (χ4n) is 2.28. The number of rotatable bonds is 2. The molecule has 0 aliphatic carbocycles. The molecule has 0 bridgehead atoms. The molecule has 0 fully saturated rings. The molecule has 21 heavy (non-hydrogen) atoms. The second-order valence-electron chi connectivity index (χ2n) is 4.62. The van der Waals surface area contributed by atoms with E-state index in [2.05, 4.69) is 0 Å². The summed E-state index contributed by atoms with van der Waals surface area (Å²) in [7, 11) is 1.51. The van der Waals surface area contributed by atoms with Crippen molar-refractivity contribution in [1.29, 1.82) is 0 Å². The van der Waals surface area contributed by atoms with E-state index < -0.39 is 0 Å². The molecule has 5 nitrogen and oxygen atoms in total. The number of hydrogen-bond acceptors (Lipinski definition) is 5. The van der Waals surface area contributed by atoms with Gasteiger partial charge in [-0.2, -0.15) is 0 Å². The summed E-state index contributed by atoms with van der Waals surface area (Å²) in [6.45, 7) is 0. The number of benzene rings is 2. The van der Waals surface area contributed by atoms with Gasteiger partial charge in [0.05, 0.1) is 12.5 Å². The molecule has 0 aliphatic heterocycles. The van der Waals surface area contributed by atoms with E-state index in [0.717, 1.165) is 0 Å². The summed E-state index contributed by atoms with van der Waals surface area (Å²) < 4.78 is 11.1. The molecule has 3 aromatic rings. The first-order valence-electron chi connectivity index (χ1n) is 6.37. The van der Waals surface area contributed by atoms with E-state index in [9.17, 15) is 4.79 Å². The van der Waals surface area contributed by atoms with Crippen molar-refractivity contribution in [3.8, 4) is 17.1 Å². The average Bonchev–Trinajstić information content (AvgIpc) is 2.47. The molecule has 0 radical (unpaired) electrons. The highest BCUT2D eigenvalue weighted by Crippen LogP contribution is 2.32. The minimum absolute atomic E-state index is 0.231. The second-order valence-corrected chi connectivity index (χ2v) is 4.62. The van der Waals surface area contributed by atoms with Gasteiger partial charge in [0.15, 0.2) is 16.8 Å². The predicted molar refractivity (Wildman–Crippen MR) is 83.3 cm³/mol. The number of ether oxygens (including phenoxy) is 1. The van der Waals surface area contributed by atoms with Crippen molar-refractivity contribution in [1.82, 2.24) is 0 Å². The largest absolute Gasteiger partial charge is 0.493 e. The lowest BCUT2D eigenvalue weighted by Gasteiger charge is -2.09. The first-order chi connectivity index (χ1) is 10.1. The Hall–Kier alpha value is -2.95. The van der Waals surface area contributed by atoms with Crippen LogP contribution in [0.2, 0.25) is 0 Å². The van der Waals surface area contributed by atoms with Gasteiger partial charge in [-0.25, -0.2) is 0 Å². The molecule has 0 spiro atoms. The number of hydrogen-bond donors (Lipinski definition) is 2. The van der Waals surface area contributed by atoms with Crippen molar-refractivity contribution in [3.63, 3.8) is 0 Å². The smallest absolute Gasteiger partial charge is 0.195 e. The number of nitrogens with two attached hydrogens (primary N) is 2. The van der Waals surface area contributed by atoms with E-state index in [1.807, 2.05) is 12.1 Å². The zero-order chi connectivity index (χ0) is 15.0. The van der Waals surface area contributed by atoms with Crippen LogP contribution in [-0.2, 0) is 0 Å². The highest BCUT2D eigenvalue weighted by Gasteiger charge is 2.14. The van der Waals surface area contributed by atoms with Crippen LogP contribution < -0.4 is 21.6 Å². The monoisotopic (exact) mass is 282 g/mol. The highest BCUT2D eigenvalue weighted by molar-refractivity contribution is 5.94. The fourth-order valence-corrected chi connectivity index (χ4v) is 2.28. The molecule has 1 aromatic heterocycles. The van der Waals surface area contributed by atoms with Gasteiger partial charge in [0.25, 0.3) is 0 Å². The van der Waals surface area contributed by atoms with Crippen molar-refractivity contribution >= 4 is 22.3 Å². The van der Waals surface area contributed by atoms with Gasteiger partial charge in [0.1, 0.15) is 5.76 Å². The first-order valence-corrected chi connectivity index (χ1v) is 6.37. The van der Waals surface area contributed by atoms with Crippen LogP contribution >= 0.6 is 0 Å². The number of anilines is 2. The molecule has 106 valence electrons. The minimum atomic E-state index is -0.231. The van der Waals surface area contributed by atoms with Crippen LogP contribution in [0.15, 0.2) is 51.7 Å². The van der Waals surface area contributed by atoms with E-state index >= 15 is 0 Å². The van der Waals surface area contributed by atoms with Gasteiger partial charge >= 0.3 is 0 Å². The van der Waals surface area contributed by atoms with Gasteiger partial charge in [-0.05, 0) is 24.3 Å². The molecule has 4 N–H and O–H groups in total. The molecule has 2 aromatic carbocycles. The Balaban J connectivity index is 2.38. The lowest BCUT2D eigenvalue weighted by Crippen LogP contribution is -2.05. The molecule has 0 amide bonds. The Morgan fingerprint density at radius 2 is 1.81 bits per heavy atom. The molecule has 0 saturated carbocycles. The van der Waals surface area contributed by atoms with Crippen LogP contribution in [0.5, 0.6) is 5.75 Å². The summed E-state index contributed by atoms with van der Waals surface area (Å²) in [6, 6.07) is 11.9. The fraction of sp³-hybridized carbons (Fsp3) is 0.0625. The molecule has 0 aliphatic rings. The maximum absolute atomic E-state index is 12.3. The molecular formula is C16H14N2O3. The third kappa shape index (κ3) is 2.08. The number of fused-ring (bicyclic) bond motifs is 1. The Morgan fingerprint density at radius 3 is 2.52 bits per heavy atom. The van der Waals surface area contributed by atoms with Crippen molar-refractivity contribution in [3.05, 3.63) is 52.7 Å². The zero-order valence-corrected chi connectivity index (χ0v) is 11.4. The lowest BCUT2D eigenvalue weighted by atomic mass is 10.1. The number of methoxy groups -OCH3 is 1. The summed E-state index contributed by atoms with van der Waals surface area (Å²) in [5.41, 5.74) is 13.4. The Kier molecular flexibility index (Phi) is 3.02. The van der Waals surface area contributed by atoms with E-state index in [4.69, 9.17) is 20.6 Å². The molecule has 1 heterocycles. The Bertz CT molecular complexity index is 884. The van der Waals surface area contributed by atoms with E-state index in [0.29, 0.717) is 39.4 Å². The standard InChI is InChI=1S/C16H14N2O3/c1-20-13-7-6-11(18)15-12(19)8-14(21-16(13)15)9-4-2-3-5-10(9)17/h2-8H,17-18H2,1H3. The minimum Gasteiger partial charge on any atom is -0.493 e. The van der Waals surface area contributed by atoms with E-state index in [1.54, 1.807) is 24.3 Å². The molecule has 0 saturated heterocycles. The normalized spacial score (nSPS) is 10.7. The zero-order valence-electron chi connectivity index (χ0n) is 11.4. The van der Waals surface area contributed by atoms with Gasteiger partial charge < -0.3 is 20.6 Å². The van der Waals surface area contributed by atoms with Gasteiger partial charge in [0, 0.05) is 23.0 Å². The number of para-hydroxylation sites is 1. The quantitative estimate of drug-likeness (QED) is 0.705. The van der Waals surface area contributed by atoms with Crippen molar-refractivity contribution in [2.75, 3.05) is 18.6 Å². The Morgan fingerprint density at radius 1 is 1.05 bits per heavy atom. The molecule has 3 rings (SSSR count). The third-order valence-corrected chi connectivity index (χ3v) is 3.32. The van der Waals surface area contributed by atoms with Crippen LogP contribution in [0.3, 0.4) is 0 Å². The van der Waals surface area contributed by atoms with Crippen molar-refractivity contribution < 1.29 is 9.15 Å². The number of nitrogen functional groups attached to an aromatic ring is 2. The van der Waals surface area contributed by atoms with Crippen molar-refractivity contribution in [2.24, 2.45) is 0 Å². The second kappa shape index (κ2) is 4.86. The SMILES string of the molecule is COc1ccc(N)c2c(=O)cc(-c3ccccc3N)oc12. The van der Waals surface area contributed by atoms with Crippen LogP contribution in [-0.4, -0.2) is 7.11 Å². The summed E-state index contributed by atoms with van der Waals surface area (Å²) in [5.74, 6) is 0.835. The maximum Gasteiger partial charge on any atom is 0.195 e. The van der Waals surface area contributed by atoms with Crippen LogP contribution in [0, 0.1) is 0 Å². The summed E-state index contributed by atoms with van der Waals surface area (Å²) in [4.78, 5) is 12.3. The van der Waals surface area contributed by atoms with Gasteiger partial charge in [0.2, 0.25) is 0 Å². The summed E-state index contributed by atoms with van der Waals surface area (Å²) in [6.07, 6.45) is 0. The van der Waals surface area contributed by atoms with Gasteiger partial charge in [-0.1, -0.05) is 12.1 Å². The first kappa shape index (κ1) is 13.1. The predicted octanol–water partition coefficient (Wildman–Crippen LogP) is 2.63. The summed E-state index contributed by atoms with van der Waals surface area (Å²) in [5, 5.41) is 0.313. The molecular weight excluding hydrogens is 268 g/mol. The van der Waals surface area contributed by atoms with E-state index in [-0.39, 0.29) is 5.43 Å². The van der Waals surface area contributed by atoms with Gasteiger partial charge in [-0.3, -0.25) is 4.79 Å². The molecule has 5 heteroatoms. The Labute approximate surface area is 120 Å².